The second kappa shape index (κ2) is 5.54. The third kappa shape index (κ3) is 3.77. The number of hydrogen-bond acceptors (Lipinski definition) is 3. The number of rotatable bonds is 3. The van der Waals surface area contributed by atoms with Gasteiger partial charge in [0.2, 0.25) is 5.91 Å². The molecule has 4 nitrogen and oxygen atoms in total. The maximum Gasteiger partial charge on any atom is 0.225 e. The smallest absolute Gasteiger partial charge is 0.225 e. The van der Waals surface area contributed by atoms with Gasteiger partial charge < -0.3 is 10.1 Å². The van der Waals surface area contributed by atoms with Gasteiger partial charge in [0.25, 0.3) is 0 Å². The first-order valence-electron chi connectivity index (χ1n) is 5.74. The molecular weight excluding hydrogens is 228 g/mol. The molecule has 1 aromatic rings. The molecule has 0 atom stereocenters. The topological polar surface area (TPSA) is 62.1 Å². The van der Waals surface area contributed by atoms with E-state index in [0.29, 0.717) is 23.4 Å². The zero-order valence-electron chi connectivity index (χ0n) is 11.2. The minimum Gasteiger partial charge on any atom is -0.495 e. The number of nitriles is 1. The van der Waals surface area contributed by atoms with E-state index in [0.717, 1.165) is 0 Å². The van der Waals surface area contributed by atoms with Gasteiger partial charge in [0.05, 0.1) is 12.7 Å². The number of anilines is 1. The van der Waals surface area contributed by atoms with E-state index in [9.17, 15) is 4.79 Å². The summed E-state index contributed by atoms with van der Waals surface area (Å²) in [7, 11) is 1.51. The molecule has 1 N–H and O–H groups in total. The Hall–Kier alpha value is -2.02. The van der Waals surface area contributed by atoms with Crippen molar-refractivity contribution >= 4 is 11.6 Å². The summed E-state index contributed by atoms with van der Waals surface area (Å²) in [5.74, 6) is 0.375. The number of carbonyl (C=O) groups excluding carboxylic acids is 1. The largest absolute Gasteiger partial charge is 0.495 e. The summed E-state index contributed by atoms with van der Waals surface area (Å²) in [4.78, 5) is 11.9. The summed E-state index contributed by atoms with van der Waals surface area (Å²) in [6, 6.07) is 7.13. The number of ether oxygens (including phenoxy) is 1. The van der Waals surface area contributed by atoms with Crippen LogP contribution >= 0.6 is 0 Å². The van der Waals surface area contributed by atoms with Gasteiger partial charge in [-0.1, -0.05) is 26.8 Å². The molecule has 0 spiro atoms. The molecule has 0 saturated carbocycles. The summed E-state index contributed by atoms with van der Waals surface area (Å²) in [6.07, 6.45) is 0.385. The fourth-order valence-corrected chi connectivity index (χ4v) is 1.59. The summed E-state index contributed by atoms with van der Waals surface area (Å²) in [5.41, 5.74) is 0.743. The predicted molar refractivity (Wildman–Crippen MR) is 70.4 cm³/mol. The van der Waals surface area contributed by atoms with E-state index in [1.807, 2.05) is 26.8 Å². The molecule has 18 heavy (non-hydrogen) atoms. The molecule has 1 amide bonds. The summed E-state index contributed by atoms with van der Waals surface area (Å²) in [5, 5.41) is 11.8. The average molecular weight is 246 g/mol. The summed E-state index contributed by atoms with van der Waals surface area (Å²) < 4.78 is 5.15. The zero-order chi connectivity index (χ0) is 13.8. The Labute approximate surface area is 108 Å². The number of methoxy groups -OCH3 is 1. The van der Waals surface area contributed by atoms with Gasteiger partial charge in [-0.3, -0.25) is 4.79 Å². The van der Waals surface area contributed by atoms with E-state index in [1.54, 1.807) is 18.2 Å². The zero-order valence-corrected chi connectivity index (χ0v) is 11.2. The monoisotopic (exact) mass is 246 g/mol. The first kappa shape index (κ1) is 14.0. The number of nitrogens with zero attached hydrogens (tertiary/aromatic N) is 1. The van der Waals surface area contributed by atoms with Crippen LogP contribution in [0.25, 0.3) is 0 Å². The van der Waals surface area contributed by atoms with E-state index in [-0.39, 0.29) is 11.3 Å². The molecule has 0 aliphatic heterocycles. The Bertz CT molecular complexity index is 482. The fraction of sp³-hybridized carbons (Fsp3) is 0.429. The minimum absolute atomic E-state index is 0.0983. The van der Waals surface area contributed by atoms with Crippen LogP contribution in [-0.4, -0.2) is 13.0 Å². The molecule has 0 unspecified atom stereocenters. The van der Waals surface area contributed by atoms with Gasteiger partial charge in [-0.15, -0.1) is 0 Å². The number of carbonyl (C=O) groups is 1. The van der Waals surface area contributed by atoms with Crippen molar-refractivity contribution in [3.8, 4) is 11.8 Å². The van der Waals surface area contributed by atoms with Crippen LogP contribution in [0.3, 0.4) is 0 Å². The van der Waals surface area contributed by atoms with Crippen molar-refractivity contribution in [2.75, 3.05) is 12.4 Å². The lowest BCUT2D eigenvalue weighted by Gasteiger charge is -2.18. The van der Waals surface area contributed by atoms with Crippen LogP contribution in [0.4, 0.5) is 5.69 Å². The Morgan fingerprint density at radius 1 is 1.44 bits per heavy atom. The van der Waals surface area contributed by atoms with Crippen molar-refractivity contribution in [2.45, 2.75) is 27.2 Å². The lowest BCUT2D eigenvalue weighted by atomic mass is 9.92. The average Bonchev–Trinajstić information content (AvgIpc) is 2.26. The van der Waals surface area contributed by atoms with Gasteiger partial charge in [0.15, 0.2) is 0 Å². The Morgan fingerprint density at radius 3 is 2.61 bits per heavy atom. The highest BCUT2D eigenvalue weighted by atomic mass is 16.5. The van der Waals surface area contributed by atoms with Crippen LogP contribution in [-0.2, 0) is 4.79 Å². The second-order valence-electron chi connectivity index (χ2n) is 5.28. The van der Waals surface area contributed by atoms with Crippen molar-refractivity contribution in [3.05, 3.63) is 23.8 Å². The Morgan fingerprint density at radius 2 is 2.11 bits per heavy atom. The molecule has 4 heteroatoms. The molecule has 0 bridgehead atoms. The fourth-order valence-electron chi connectivity index (χ4n) is 1.59. The minimum atomic E-state index is -0.122. The second-order valence-corrected chi connectivity index (χ2v) is 5.28. The van der Waals surface area contributed by atoms with E-state index in [1.165, 1.54) is 7.11 Å². The molecule has 0 saturated heterocycles. The van der Waals surface area contributed by atoms with Crippen molar-refractivity contribution < 1.29 is 9.53 Å². The third-order valence-electron chi connectivity index (χ3n) is 2.32. The van der Waals surface area contributed by atoms with Gasteiger partial charge in [-0.2, -0.15) is 5.26 Å². The highest BCUT2D eigenvalue weighted by molar-refractivity contribution is 5.94. The van der Waals surface area contributed by atoms with Crippen LogP contribution in [0.15, 0.2) is 18.2 Å². The maximum atomic E-state index is 11.9. The molecule has 0 aliphatic rings. The van der Waals surface area contributed by atoms with Gasteiger partial charge >= 0.3 is 0 Å². The Kier molecular flexibility index (Phi) is 4.33. The first-order valence-corrected chi connectivity index (χ1v) is 5.74. The van der Waals surface area contributed by atoms with E-state index >= 15 is 0 Å². The lowest BCUT2D eigenvalue weighted by Crippen LogP contribution is -2.20. The normalized spacial score (nSPS) is 10.6. The molecule has 1 aromatic carbocycles. The summed E-state index contributed by atoms with van der Waals surface area (Å²) in [6.45, 7) is 5.96. The third-order valence-corrected chi connectivity index (χ3v) is 2.32. The van der Waals surface area contributed by atoms with Crippen molar-refractivity contribution in [2.24, 2.45) is 5.41 Å². The van der Waals surface area contributed by atoms with Crippen LogP contribution in [0.1, 0.15) is 32.8 Å². The lowest BCUT2D eigenvalue weighted by molar-refractivity contribution is -0.117. The standard InChI is InChI=1S/C14H18N2O2/c1-14(2,3)8-12(17)16-13-10(9-15)6-5-7-11(13)18-4/h5-7H,8H2,1-4H3,(H,16,17). The molecule has 0 aromatic heterocycles. The summed E-state index contributed by atoms with van der Waals surface area (Å²) >= 11 is 0. The Balaban J connectivity index is 2.97. The van der Waals surface area contributed by atoms with E-state index in [4.69, 9.17) is 10.00 Å². The van der Waals surface area contributed by atoms with Crippen molar-refractivity contribution in [1.82, 2.24) is 0 Å². The number of para-hydroxylation sites is 1. The molecular formula is C14H18N2O2. The van der Waals surface area contributed by atoms with Crippen molar-refractivity contribution in [1.29, 1.82) is 5.26 Å². The quantitative estimate of drug-likeness (QED) is 0.891. The SMILES string of the molecule is COc1cccc(C#N)c1NC(=O)CC(C)(C)C. The molecule has 0 aliphatic carbocycles. The molecule has 0 radical (unpaired) electrons. The van der Waals surface area contributed by atoms with Gasteiger partial charge in [0.1, 0.15) is 17.5 Å². The van der Waals surface area contributed by atoms with Crippen LogP contribution in [0.2, 0.25) is 0 Å². The van der Waals surface area contributed by atoms with Gasteiger partial charge in [-0.05, 0) is 17.5 Å². The highest BCUT2D eigenvalue weighted by Gasteiger charge is 2.18. The molecule has 0 fully saturated rings. The molecule has 96 valence electrons. The highest BCUT2D eigenvalue weighted by Crippen LogP contribution is 2.29. The van der Waals surface area contributed by atoms with Crippen LogP contribution in [0.5, 0.6) is 5.75 Å². The van der Waals surface area contributed by atoms with Crippen LogP contribution in [0, 0.1) is 16.7 Å². The van der Waals surface area contributed by atoms with Gasteiger partial charge in [0, 0.05) is 6.42 Å². The number of hydrogen-bond donors (Lipinski definition) is 1. The van der Waals surface area contributed by atoms with Crippen molar-refractivity contribution in [3.63, 3.8) is 0 Å². The number of benzene rings is 1. The van der Waals surface area contributed by atoms with E-state index < -0.39 is 0 Å². The van der Waals surface area contributed by atoms with Gasteiger partial charge in [-0.25, -0.2) is 0 Å². The first-order chi connectivity index (χ1) is 8.37. The number of amides is 1. The van der Waals surface area contributed by atoms with E-state index in [2.05, 4.69) is 5.32 Å². The molecule has 0 heterocycles. The molecule has 1 rings (SSSR count). The predicted octanol–water partition coefficient (Wildman–Crippen LogP) is 2.94. The number of nitrogens with one attached hydrogen (secondary N) is 1. The van der Waals surface area contributed by atoms with Crippen LogP contribution < -0.4 is 10.1 Å². The maximum absolute atomic E-state index is 11.9.